The van der Waals surface area contributed by atoms with Crippen molar-refractivity contribution < 1.29 is 60.0 Å². The topological polar surface area (TPSA) is 114 Å². The molecule has 0 amide bonds. The Morgan fingerprint density at radius 3 is 0.500 bits per heavy atom. The zero-order valence-electron chi connectivity index (χ0n) is 2.34. The summed E-state index contributed by atoms with van der Waals surface area (Å²) in [5.41, 5.74) is 0. The van der Waals surface area contributed by atoms with Crippen LogP contribution in [0.25, 0.3) is 0 Å². The van der Waals surface area contributed by atoms with Crippen molar-refractivity contribution in [3.8, 4) is 0 Å². The van der Waals surface area contributed by atoms with Crippen molar-refractivity contribution in [1.29, 1.82) is 0 Å². The van der Waals surface area contributed by atoms with Gasteiger partial charge in [-0.2, -0.15) is 0 Å². The van der Waals surface area contributed by atoms with Crippen LogP contribution in [-0.2, 0) is 60.0 Å². The molecule has 41 valence electrons. The predicted molar refractivity (Wildman–Crippen MR) is 2.75 cm³/mol. The van der Waals surface area contributed by atoms with E-state index in [9.17, 15) is 0 Å². The third kappa shape index (κ3) is 75.3. The van der Waals surface area contributed by atoms with E-state index in [1.807, 2.05) is 0 Å². The Hall–Kier alpha value is 1.05. The van der Waals surface area contributed by atoms with Crippen LogP contribution in [0.5, 0.6) is 0 Å². The average molecular weight is 223 g/mol. The van der Waals surface area contributed by atoms with Gasteiger partial charge >= 0.3 is 38.1 Å². The van der Waals surface area contributed by atoms with Crippen molar-refractivity contribution in [3.05, 3.63) is 0 Å². The summed E-state index contributed by atoms with van der Waals surface area (Å²) in [6, 6.07) is 0. The molecule has 0 fully saturated rings. The zero-order valence-corrected chi connectivity index (χ0v) is 5.29. The monoisotopic (exact) mass is 225 g/mol. The van der Waals surface area contributed by atoms with E-state index in [0.29, 0.717) is 0 Å². The SMILES string of the molecule is [Cu+2].[Mo+6].[O-2].[O-2].[O-2].[O-2]. The van der Waals surface area contributed by atoms with Gasteiger partial charge in [0.25, 0.3) is 0 Å². The zero-order chi connectivity index (χ0) is 0. The molecule has 0 aliphatic heterocycles. The largest absolute Gasteiger partial charge is 6.00 e. The van der Waals surface area contributed by atoms with Crippen LogP contribution in [0.2, 0.25) is 0 Å². The third-order valence-electron chi connectivity index (χ3n) is 0. The van der Waals surface area contributed by atoms with Gasteiger partial charge in [0, 0.05) is 0 Å². The van der Waals surface area contributed by atoms with Gasteiger partial charge < -0.3 is 21.9 Å². The van der Waals surface area contributed by atoms with E-state index in [1.54, 1.807) is 0 Å². The molecule has 0 aromatic heterocycles. The summed E-state index contributed by atoms with van der Waals surface area (Å²) in [5, 5.41) is 0. The Labute approximate surface area is 60.3 Å². The van der Waals surface area contributed by atoms with Gasteiger partial charge in [0.15, 0.2) is 0 Å². The van der Waals surface area contributed by atoms with E-state index in [0.717, 1.165) is 0 Å². The first kappa shape index (κ1) is 235. The van der Waals surface area contributed by atoms with Gasteiger partial charge in [-0.25, -0.2) is 0 Å². The number of rotatable bonds is 0. The van der Waals surface area contributed by atoms with E-state index < -0.39 is 0 Å². The summed E-state index contributed by atoms with van der Waals surface area (Å²) in [7, 11) is 0. The van der Waals surface area contributed by atoms with Crippen molar-refractivity contribution >= 4 is 0 Å². The molecule has 0 spiro atoms. The van der Waals surface area contributed by atoms with E-state index in [1.165, 1.54) is 0 Å². The van der Waals surface area contributed by atoms with Gasteiger partial charge in [0.2, 0.25) is 0 Å². The van der Waals surface area contributed by atoms with Crippen molar-refractivity contribution in [1.82, 2.24) is 0 Å². The number of hydrogen-bond donors (Lipinski definition) is 0. The van der Waals surface area contributed by atoms with Crippen molar-refractivity contribution in [3.63, 3.8) is 0 Å². The first-order valence-electron chi connectivity index (χ1n) is 0. The Morgan fingerprint density at radius 2 is 0.500 bits per heavy atom. The Morgan fingerprint density at radius 1 is 0.500 bits per heavy atom. The van der Waals surface area contributed by atoms with Crippen LogP contribution in [-0.4, -0.2) is 0 Å². The van der Waals surface area contributed by atoms with E-state index in [4.69, 9.17) is 0 Å². The summed E-state index contributed by atoms with van der Waals surface area (Å²) in [5.74, 6) is 0. The smallest absolute Gasteiger partial charge is 2.00 e. The fourth-order valence-electron chi connectivity index (χ4n) is 0. The average Bonchev–Trinajstić information content (AvgIpc) is 0. The van der Waals surface area contributed by atoms with Gasteiger partial charge in [0.05, 0.1) is 0 Å². The Bertz CT molecular complexity index is 7.51. The Kier molecular flexibility index (Phi) is 5490. The summed E-state index contributed by atoms with van der Waals surface area (Å²) in [6.45, 7) is 0. The van der Waals surface area contributed by atoms with Crippen molar-refractivity contribution in [2.24, 2.45) is 0 Å². The van der Waals surface area contributed by atoms with Crippen LogP contribution >= 0.6 is 0 Å². The number of hydrogen-bond acceptors (Lipinski definition) is 0. The summed E-state index contributed by atoms with van der Waals surface area (Å²) < 4.78 is 0. The minimum absolute atomic E-state index is 0. The molecular weight excluding hydrogens is 223 g/mol. The van der Waals surface area contributed by atoms with Gasteiger partial charge in [0.1, 0.15) is 0 Å². The van der Waals surface area contributed by atoms with E-state index in [2.05, 4.69) is 0 Å². The molecular formula is CuMoO4. The third-order valence-corrected chi connectivity index (χ3v) is 0. The normalized spacial score (nSPS) is 0. The van der Waals surface area contributed by atoms with Gasteiger partial charge in [-0.15, -0.1) is 0 Å². The molecule has 0 unspecified atom stereocenters. The molecule has 0 aliphatic carbocycles. The van der Waals surface area contributed by atoms with Crippen LogP contribution in [0.15, 0.2) is 0 Å². The molecule has 0 atom stereocenters. The van der Waals surface area contributed by atoms with Crippen molar-refractivity contribution in [2.45, 2.75) is 0 Å². The molecule has 6 heteroatoms. The molecule has 0 heterocycles. The van der Waals surface area contributed by atoms with Crippen LogP contribution in [0.4, 0.5) is 0 Å². The molecule has 0 aliphatic rings. The van der Waals surface area contributed by atoms with E-state index in [-0.39, 0.29) is 60.0 Å². The van der Waals surface area contributed by atoms with Crippen molar-refractivity contribution in [2.75, 3.05) is 0 Å². The van der Waals surface area contributed by atoms with E-state index >= 15 is 0 Å². The fraction of sp³-hybridized carbons (Fsp3) is 0. The van der Waals surface area contributed by atoms with Crippen LogP contribution in [0.3, 0.4) is 0 Å². The molecule has 1 radical (unpaired) electrons. The molecule has 0 saturated carbocycles. The Balaban J connectivity index is 0. The maximum atomic E-state index is 0. The first-order valence-corrected chi connectivity index (χ1v) is 0. The molecule has 0 bridgehead atoms. The molecule has 0 aromatic carbocycles. The fourth-order valence-corrected chi connectivity index (χ4v) is 0. The minimum Gasteiger partial charge on any atom is -2.00 e. The predicted octanol–water partition coefficient (Wildman–Crippen LogP) is -0.480. The van der Waals surface area contributed by atoms with Crippen LogP contribution in [0.1, 0.15) is 0 Å². The van der Waals surface area contributed by atoms with Gasteiger partial charge in [-0.05, 0) is 0 Å². The molecule has 4 nitrogen and oxygen atoms in total. The van der Waals surface area contributed by atoms with Gasteiger partial charge in [-0.3, -0.25) is 0 Å². The summed E-state index contributed by atoms with van der Waals surface area (Å²) >= 11 is 0. The second kappa shape index (κ2) is 140. The van der Waals surface area contributed by atoms with Gasteiger partial charge in [-0.1, -0.05) is 0 Å². The van der Waals surface area contributed by atoms with Crippen LogP contribution < -0.4 is 0 Å². The summed E-state index contributed by atoms with van der Waals surface area (Å²) in [4.78, 5) is 0. The standard InChI is InChI=1S/Cu.Mo.4O/q+2;+6;4*-2. The molecule has 0 rings (SSSR count). The maximum absolute atomic E-state index is 0. The summed E-state index contributed by atoms with van der Waals surface area (Å²) in [6.07, 6.45) is 0. The molecule has 0 N–H and O–H groups in total. The maximum Gasteiger partial charge on any atom is 6.00 e. The quantitative estimate of drug-likeness (QED) is 0.494. The molecule has 0 aromatic rings. The first-order chi connectivity index (χ1) is 0. The minimum atomic E-state index is 0. The van der Waals surface area contributed by atoms with Crippen LogP contribution in [0, 0.1) is 0 Å². The second-order valence-electron chi connectivity index (χ2n) is 0. The second-order valence-corrected chi connectivity index (χ2v) is 0. The molecule has 6 heavy (non-hydrogen) atoms. The molecule has 0 saturated heterocycles.